The summed E-state index contributed by atoms with van der Waals surface area (Å²) in [5.41, 5.74) is 5.77. The van der Waals surface area contributed by atoms with Gasteiger partial charge in [-0.1, -0.05) is 48.8 Å². The normalized spacial score (nSPS) is 15.2. The van der Waals surface area contributed by atoms with Gasteiger partial charge in [0.15, 0.2) is 11.8 Å². The third kappa shape index (κ3) is 4.59. The highest BCUT2D eigenvalue weighted by atomic mass is 16.6. The zero-order chi connectivity index (χ0) is 23.4. The molecule has 1 aliphatic heterocycles. The highest BCUT2D eigenvalue weighted by Crippen LogP contribution is 2.29. The van der Waals surface area contributed by atoms with Crippen molar-refractivity contribution in [3.63, 3.8) is 0 Å². The number of aromatic nitrogens is 2. The standard InChI is InChI=1S/C23H25N5O5/c1-2-3-11-27-20(24)19(21(29)25-23(27)31)28(14-16-10-7-12-32-16)22(30)17-13-18(33-26-17)15-8-5-4-6-9-15/h4-10,12,18H,2-3,11,13-14,24H2,1H3,(H,25,29,31). The van der Waals surface area contributed by atoms with E-state index in [1.807, 2.05) is 37.3 Å². The minimum absolute atomic E-state index is 0.0693. The summed E-state index contributed by atoms with van der Waals surface area (Å²) in [5, 5.41) is 3.99. The van der Waals surface area contributed by atoms with Crippen LogP contribution in [0.4, 0.5) is 11.5 Å². The summed E-state index contributed by atoms with van der Waals surface area (Å²) in [6.07, 6.45) is 2.79. The Labute approximate surface area is 189 Å². The average molecular weight is 451 g/mol. The van der Waals surface area contributed by atoms with Crippen LogP contribution in [0.25, 0.3) is 0 Å². The molecule has 10 nitrogen and oxygen atoms in total. The summed E-state index contributed by atoms with van der Waals surface area (Å²) in [7, 11) is 0. The van der Waals surface area contributed by atoms with E-state index in [4.69, 9.17) is 15.0 Å². The number of nitrogens with two attached hydrogens (primary N) is 1. The molecule has 0 bridgehead atoms. The van der Waals surface area contributed by atoms with Crippen LogP contribution in [0.3, 0.4) is 0 Å². The molecule has 172 valence electrons. The van der Waals surface area contributed by atoms with Crippen molar-refractivity contribution >= 4 is 23.1 Å². The molecule has 0 fully saturated rings. The van der Waals surface area contributed by atoms with Crippen LogP contribution in [0.2, 0.25) is 0 Å². The Morgan fingerprint density at radius 3 is 2.73 bits per heavy atom. The lowest BCUT2D eigenvalue weighted by molar-refractivity contribution is -0.112. The van der Waals surface area contributed by atoms with Crippen molar-refractivity contribution in [1.29, 1.82) is 0 Å². The number of carbonyl (C=O) groups excluding carboxylic acids is 1. The molecule has 0 spiro atoms. The van der Waals surface area contributed by atoms with Gasteiger partial charge in [-0.15, -0.1) is 0 Å². The Hall–Kier alpha value is -4.08. The van der Waals surface area contributed by atoms with Gasteiger partial charge in [-0.2, -0.15) is 0 Å². The second kappa shape index (κ2) is 9.60. The predicted octanol–water partition coefficient (Wildman–Crippen LogP) is 2.56. The number of carbonyl (C=O) groups is 1. The smallest absolute Gasteiger partial charge is 0.330 e. The van der Waals surface area contributed by atoms with Crippen molar-refractivity contribution in [3.8, 4) is 0 Å². The topological polar surface area (TPSA) is 136 Å². The highest BCUT2D eigenvalue weighted by molar-refractivity contribution is 6.44. The van der Waals surface area contributed by atoms with E-state index in [2.05, 4.69) is 10.1 Å². The number of H-pyrrole nitrogens is 1. The van der Waals surface area contributed by atoms with Gasteiger partial charge in [0.25, 0.3) is 11.5 Å². The van der Waals surface area contributed by atoms with Crippen LogP contribution in [-0.4, -0.2) is 21.2 Å². The Morgan fingerprint density at radius 2 is 2.03 bits per heavy atom. The minimum atomic E-state index is -0.760. The number of oxime groups is 1. The van der Waals surface area contributed by atoms with Gasteiger partial charge in [-0.05, 0) is 24.1 Å². The first-order valence-corrected chi connectivity index (χ1v) is 10.7. The highest BCUT2D eigenvalue weighted by Gasteiger charge is 2.34. The fourth-order valence-electron chi connectivity index (χ4n) is 3.69. The van der Waals surface area contributed by atoms with Crippen LogP contribution >= 0.6 is 0 Å². The minimum Gasteiger partial charge on any atom is -0.467 e. The van der Waals surface area contributed by atoms with Gasteiger partial charge >= 0.3 is 5.69 Å². The van der Waals surface area contributed by atoms with E-state index in [0.717, 1.165) is 12.0 Å². The zero-order valence-corrected chi connectivity index (χ0v) is 18.2. The third-order valence-electron chi connectivity index (χ3n) is 5.45. The fourth-order valence-corrected chi connectivity index (χ4v) is 3.69. The zero-order valence-electron chi connectivity index (χ0n) is 18.2. The molecule has 10 heteroatoms. The average Bonchev–Trinajstić information content (AvgIpc) is 3.51. The van der Waals surface area contributed by atoms with Crippen molar-refractivity contribution in [1.82, 2.24) is 9.55 Å². The molecule has 1 unspecified atom stereocenters. The molecule has 0 saturated carbocycles. The molecule has 33 heavy (non-hydrogen) atoms. The first-order valence-electron chi connectivity index (χ1n) is 10.7. The van der Waals surface area contributed by atoms with Crippen molar-refractivity contribution in [2.75, 3.05) is 10.6 Å². The van der Waals surface area contributed by atoms with Gasteiger partial charge in [0.2, 0.25) is 0 Å². The lowest BCUT2D eigenvalue weighted by Crippen LogP contribution is -2.43. The summed E-state index contributed by atoms with van der Waals surface area (Å²) in [6.45, 7) is 2.22. The van der Waals surface area contributed by atoms with Crippen LogP contribution in [0.1, 0.15) is 43.6 Å². The van der Waals surface area contributed by atoms with Gasteiger partial charge < -0.3 is 15.0 Å². The number of furan rings is 1. The van der Waals surface area contributed by atoms with Gasteiger partial charge in [0.1, 0.15) is 17.3 Å². The molecule has 4 rings (SSSR count). The van der Waals surface area contributed by atoms with E-state index in [9.17, 15) is 14.4 Å². The Bertz CT molecular complexity index is 1260. The number of rotatable bonds is 8. The van der Waals surface area contributed by atoms with Crippen LogP contribution in [-0.2, 0) is 22.7 Å². The number of anilines is 2. The molecular weight excluding hydrogens is 426 g/mol. The molecule has 0 radical (unpaired) electrons. The number of hydrogen-bond acceptors (Lipinski definition) is 7. The predicted molar refractivity (Wildman–Crippen MR) is 123 cm³/mol. The molecule has 1 aromatic carbocycles. The number of nitrogens with one attached hydrogen (secondary N) is 1. The SMILES string of the molecule is CCCCn1c(N)c(N(Cc2ccco2)C(=O)C2=NOC(c3ccccc3)C2)c(=O)[nH]c1=O. The summed E-state index contributed by atoms with van der Waals surface area (Å²) in [5.74, 6) is -0.202. The number of nitrogens with zero attached hydrogens (tertiary/aromatic N) is 3. The second-order valence-electron chi connectivity index (χ2n) is 7.72. The first-order chi connectivity index (χ1) is 16.0. The van der Waals surface area contributed by atoms with E-state index >= 15 is 0 Å². The third-order valence-corrected chi connectivity index (χ3v) is 5.45. The molecule has 2 aromatic heterocycles. The number of aromatic amines is 1. The van der Waals surface area contributed by atoms with E-state index < -0.39 is 23.3 Å². The second-order valence-corrected chi connectivity index (χ2v) is 7.72. The molecule has 3 heterocycles. The maximum Gasteiger partial charge on any atom is 0.330 e. The van der Waals surface area contributed by atoms with Crippen molar-refractivity contribution in [2.45, 2.75) is 45.4 Å². The quantitative estimate of drug-likeness (QED) is 0.540. The van der Waals surface area contributed by atoms with Gasteiger partial charge in [-0.25, -0.2) is 4.79 Å². The lowest BCUT2D eigenvalue weighted by Gasteiger charge is -2.23. The number of benzene rings is 1. The van der Waals surface area contributed by atoms with Crippen molar-refractivity contribution < 1.29 is 14.0 Å². The molecule has 1 amide bonds. The maximum absolute atomic E-state index is 13.5. The molecule has 0 saturated heterocycles. The van der Waals surface area contributed by atoms with E-state index in [1.54, 1.807) is 12.1 Å². The Balaban J connectivity index is 1.70. The molecule has 3 N–H and O–H groups in total. The van der Waals surface area contributed by atoms with E-state index in [1.165, 1.54) is 15.7 Å². The summed E-state index contributed by atoms with van der Waals surface area (Å²) >= 11 is 0. The van der Waals surface area contributed by atoms with Gasteiger partial charge in [0, 0.05) is 13.0 Å². The molecule has 3 aromatic rings. The van der Waals surface area contributed by atoms with Gasteiger partial charge in [-0.3, -0.25) is 24.0 Å². The van der Waals surface area contributed by atoms with Crippen LogP contribution in [0.15, 0.2) is 67.9 Å². The summed E-state index contributed by atoms with van der Waals surface area (Å²) in [6, 6.07) is 12.8. The van der Waals surface area contributed by atoms with E-state index in [0.29, 0.717) is 18.7 Å². The van der Waals surface area contributed by atoms with Crippen LogP contribution in [0.5, 0.6) is 0 Å². The molecule has 1 aliphatic rings. The number of amides is 1. The largest absolute Gasteiger partial charge is 0.467 e. The molecular formula is C23H25N5O5. The lowest BCUT2D eigenvalue weighted by atomic mass is 10.0. The fraction of sp³-hybridized carbons (Fsp3) is 0.304. The maximum atomic E-state index is 13.5. The monoisotopic (exact) mass is 451 g/mol. The molecule has 1 atom stereocenters. The molecule has 0 aliphatic carbocycles. The number of unbranched alkanes of at least 4 members (excludes halogenated alkanes) is 1. The Kier molecular flexibility index (Phi) is 6.43. The van der Waals surface area contributed by atoms with Crippen molar-refractivity contribution in [2.24, 2.45) is 5.16 Å². The number of nitrogen functional groups attached to an aromatic ring is 1. The first kappa shape index (κ1) is 22.1. The van der Waals surface area contributed by atoms with Crippen LogP contribution in [0, 0.1) is 0 Å². The summed E-state index contributed by atoms with van der Waals surface area (Å²) < 4.78 is 6.67. The van der Waals surface area contributed by atoms with Gasteiger partial charge in [0.05, 0.1) is 12.8 Å². The van der Waals surface area contributed by atoms with Crippen LogP contribution < -0.4 is 21.9 Å². The summed E-state index contributed by atoms with van der Waals surface area (Å²) in [4.78, 5) is 47.7. The Morgan fingerprint density at radius 1 is 1.24 bits per heavy atom. The van der Waals surface area contributed by atoms with Crippen molar-refractivity contribution in [3.05, 3.63) is 80.9 Å². The number of hydrogen-bond donors (Lipinski definition) is 2. The van der Waals surface area contributed by atoms with E-state index in [-0.39, 0.29) is 30.2 Å².